The summed E-state index contributed by atoms with van der Waals surface area (Å²) in [6.07, 6.45) is 2.36. The second kappa shape index (κ2) is 10.5. The van der Waals surface area contributed by atoms with E-state index in [-0.39, 0.29) is 34.8 Å². The van der Waals surface area contributed by atoms with Crippen LogP contribution in [0.5, 0.6) is 5.75 Å². The number of amides is 2. The number of nitrogens with zero attached hydrogens (tertiary/aromatic N) is 5. The topological polar surface area (TPSA) is 80.6 Å². The van der Waals surface area contributed by atoms with Gasteiger partial charge in [-0.05, 0) is 61.1 Å². The molecule has 1 saturated heterocycles. The standard InChI is InChI=1S/C29H35ClF3N5O3/c1-17-5-3-4-6-18(17)27(40)38-12-9-19-20(30)7-8-23(41-15-21-26(29(31,32)33)36(2)35-34-21)25(19)22(38)14-37-16-28(10-11-28)13-24(37)39/h7-8,17-18,22H,3-6,9-16H2,1-2H3/t17-,18+,22+/m0/s1. The van der Waals surface area contributed by atoms with Crippen molar-refractivity contribution in [2.45, 2.75) is 77.1 Å². The van der Waals surface area contributed by atoms with Crippen LogP contribution in [0.3, 0.4) is 0 Å². The number of halogens is 4. The van der Waals surface area contributed by atoms with E-state index in [1.54, 1.807) is 12.1 Å². The van der Waals surface area contributed by atoms with Crippen molar-refractivity contribution in [1.29, 1.82) is 0 Å². The molecule has 41 heavy (non-hydrogen) atoms. The second-order valence-corrected chi connectivity index (χ2v) is 12.8. The van der Waals surface area contributed by atoms with E-state index in [1.807, 2.05) is 9.80 Å². The lowest BCUT2D eigenvalue weighted by Crippen LogP contribution is -2.49. The van der Waals surface area contributed by atoms with E-state index in [0.29, 0.717) is 53.5 Å². The zero-order valence-electron chi connectivity index (χ0n) is 23.3. The molecule has 12 heteroatoms. The normalized spacial score (nSPS) is 25.5. The lowest BCUT2D eigenvalue weighted by Gasteiger charge is -2.43. The summed E-state index contributed by atoms with van der Waals surface area (Å²) >= 11 is 6.67. The van der Waals surface area contributed by atoms with Crippen LogP contribution in [-0.4, -0.2) is 56.2 Å². The first-order valence-electron chi connectivity index (χ1n) is 14.5. The molecule has 3 atom stereocenters. The highest BCUT2D eigenvalue weighted by Crippen LogP contribution is 2.54. The number of carbonyl (C=O) groups is 2. The zero-order valence-corrected chi connectivity index (χ0v) is 24.1. The smallest absolute Gasteiger partial charge is 0.435 e. The van der Waals surface area contributed by atoms with Crippen LogP contribution in [0.2, 0.25) is 5.02 Å². The van der Waals surface area contributed by atoms with Crippen LogP contribution in [0.25, 0.3) is 0 Å². The SMILES string of the molecule is C[C@H]1CCCC[C@H]1C(=O)N1CCc2c(Cl)ccc(OCc3nnn(C)c3C(F)(F)F)c2[C@H]1CN1CC2(CC2)CC1=O. The highest BCUT2D eigenvalue weighted by atomic mass is 35.5. The molecule has 2 aliphatic carbocycles. The van der Waals surface area contributed by atoms with Gasteiger partial charge in [0.05, 0.1) is 6.04 Å². The summed E-state index contributed by atoms with van der Waals surface area (Å²) in [6, 6.07) is 2.80. The zero-order chi connectivity index (χ0) is 29.1. The lowest BCUT2D eigenvalue weighted by molar-refractivity contribution is -0.145. The van der Waals surface area contributed by atoms with Crippen LogP contribution >= 0.6 is 11.6 Å². The number of likely N-dealkylation sites (tertiary alicyclic amines) is 1. The molecule has 2 aliphatic heterocycles. The lowest BCUT2D eigenvalue weighted by atomic mass is 9.78. The van der Waals surface area contributed by atoms with E-state index in [1.165, 1.54) is 7.05 Å². The van der Waals surface area contributed by atoms with Gasteiger partial charge in [0.2, 0.25) is 11.8 Å². The van der Waals surface area contributed by atoms with Crippen molar-refractivity contribution in [2.24, 2.45) is 24.3 Å². The minimum Gasteiger partial charge on any atom is -0.487 e. The van der Waals surface area contributed by atoms with E-state index < -0.39 is 24.5 Å². The Labute approximate surface area is 242 Å². The summed E-state index contributed by atoms with van der Waals surface area (Å²) in [4.78, 5) is 30.9. The minimum atomic E-state index is -4.65. The average Bonchev–Trinajstić information content (AvgIpc) is 3.44. The molecule has 2 amide bonds. The number of hydrogen-bond donors (Lipinski definition) is 0. The molecule has 0 unspecified atom stereocenters. The van der Waals surface area contributed by atoms with Gasteiger partial charge in [-0.1, -0.05) is 36.6 Å². The van der Waals surface area contributed by atoms with Crippen LogP contribution in [0.1, 0.15) is 80.4 Å². The number of fused-ring (bicyclic) bond motifs is 1. The Morgan fingerprint density at radius 2 is 1.98 bits per heavy atom. The molecule has 0 N–H and O–H groups in total. The van der Waals surface area contributed by atoms with Gasteiger partial charge in [-0.2, -0.15) is 13.2 Å². The largest absolute Gasteiger partial charge is 0.487 e. The number of alkyl halides is 3. The molecule has 3 fully saturated rings. The summed E-state index contributed by atoms with van der Waals surface area (Å²) in [7, 11) is 1.19. The molecule has 2 saturated carbocycles. The Morgan fingerprint density at radius 1 is 1.22 bits per heavy atom. The van der Waals surface area contributed by atoms with Crippen molar-refractivity contribution < 1.29 is 27.5 Å². The Morgan fingerprint density at radius 3 is 2.66 bits per heavy atom. The number of carbonyl (C=O) groups excluding carboxylic acids is 2. The molecule has 8 nitrogen and oxygen atoms in total. The van der Waals surface area contributed by atoms with Crippen molar-refractivity contribution in [3.63, 3.8) is 0 Å². The van der Waals surface area contributed by atoms with Gasteiger partial charge < -0.3 is 14.5 Å². The number of ether oxygens (including phenoxy) is 1. The molecule has 1 spiro atoms. The van der Waals surface area contributed by atoms with Crippen molar-refractivity contribution in [3.8, 4) is 5.75 Å². The van der Waals surface area contributed by atoms with Gasteiger partial charge in [-0.3, -0.25) is 9.59 Å². The third kappa shape index (κ3) is 5.30. The predicted molar refractivity (Wildman–Crippen MR) is 144 cm³/mol. The van der Waals surface area contributed by atoms with Crippen LogP contribution in [0, 0.1) is 17.3 Å². The number of aryl methyl sites for hydroxylation is 1. The number of aromatic nitrogens is 3. The molecule has 0 bridgehead atoms. The Hall–Kier alpha value is -2.82. The molecule has 222 valence electrons. The van der Waals surface area contributed by atoms with Gasteiger partial charge in [0.15, 0.2) is 5.69 Å². The summed E-state index contributed by atoms with van der Waals surface area (Å²) in [6.45, 7) is 3.09. The Balaban J connectivity index is 1.36. The van der Waals surface area contributed by atoms with Gasteiger partial charge >= 0.3 is 6.18 Å². The minimum absolute atomic E-state index is 0.0505. The summed E-state index contributed by atoms with van der Waals surface area (Å²) in [5.74, 6) is 0.644. The summed E-state index contributed by atoms with van der Waals surface area (Å²) in [5.41, 5.74) is 0.220. The maximum absolute atomic E-state index is 14.1. The van der Waals surface area contributed by atoms with Gasteiger partial charge in [0.25, 0.3) is 0 Å². The monoisotopic (exact) mass is 593 g/mol. The first-order chi connectivity index (χ1) is 19.5. The van der Waals surface area contributed by atoms with Crippen LogP contribution in [0.4, 0.5) is 13.2 Å². The third-order valence-corrected chi connectivity index (χ3v) is 9.92. The highest BCUT2D eigenvalue weighted by molar-refractivity contribution is 6.31. The van der Waals surface area contributed by atoms with Crippen molar-refractivity contribution in [2.75, 3.05) is 19.6 Å². The number of benzene rings is 1. The Kier molecular flexibility index (Phi) is 7.23. The van der Waals surface area contributed by atoms with Gasteiger partial charge in [-0.25, -0.2) is 4.68 Å². The van der Waals surface area contributed by atoms with Gasteiger partial charge in [0.1, 0.15) is 18.1 Å². The number of rotatable bonds is 6. The molecule has 2 aromatic rings. The van der Waals surface area contributed by atoms with E-state index in [9.17, 15) is 22.8 Å². The Bertz CT molecular complexity index is 1360. The van der Waals surface area contributed by atoms with Crippen LogP contribution in [0.15, 0.2) is 12.1 Å². The first kappa shape index (κ1) is 28.3. The van der Waals surface area contributed by atoms with Crippen LogP contribution in [-0.2, 0) is 35.8 Å². The van der Waals surface area contributed by atoms with E-state index in [2.05, 4.69) is 17.2 Å². The van der Waals surface area contributed by atoms with Gasteiger partial charge in [0, 0.05) is 49.6 Å². The molecule has 6 rings (SSSR count). The molecule has 3 heterocycles. The van der Waals surface area contributed by atoms with Crippen LogP contribution < -0.4 is 4.74 Å². The third-order valence-electron chi connectivity index (χ3n) is 9.57. The quantitative estimate of drug-likeness (QED) is 0.452. The maximum Gasteiger partial charge on any atom is 0.435 e. The molecule has 4 aliphatic rings. The summed E-state index contributed by atoms with van der Waals surface area (Å²) in [5, 5.41) is 7.76. The molecular formula is C29H35ClF3N5O3. The van der Waals surface area contributed by atoms with Crippen molar-refractivity contribution in [3.05, 3.63) is 39.7 Å². The maximum atomic E-state index is 14.1. The van der Waals surface area contributed by atoms with Crippen molar-refractivity contribution in [1.82, 2.24) is 24.8 Å². The van der Waals surface area contributed by atoms with E-state index >= 15 is 0 Å². The number of hydrogen-bond acceptors (Lipinski definition) is 5. The highest BCUT2D eigenvalue weighted by Gasteiger charge is 2.52. The molecule has 1 aromatic carbocycles. The van der Waals surface area contributed by atoms with E-state index in [0.717, 1.165) is 44.1 Å². The fourth-order valence-electron chi connectivity index (χ4n) is 7.11. The fourth-order valence-corrected chi connectivity index (χ4v) is 7.37. The average molecular weight is 594 g/mol. The second-order valence-electron chi connectivity index (χ2n) is 12.3. The molecular weight excluding hydrogens is 559 g/mol. The molecule has 0 radical (unpaired) electrons. The van der Waals surface area contributed by atoms with Crippen molar-refractivity contribution >= 4 is 23.4 Å². The van der Waals surface area contributed by atoms with E-state index in [4.69, 9.17) is 16.3 Å². The first-order valence-corrected chi connectivity index (χ1v) is 14.8. The molecule has 1 aromatic heterocycles. The predicted octanol–water partition coefficient (Wildman–Crippen LogP) is 5.33. The van der Waals surface area contributed by atoms with Gasteiger partial charge in [-0.15, -0.1) is 5.10 Å². The fraction of sp³-hybridized carbons (Fsp3) is 0.655. The summed E-state index contributed by atoms with van der Waals surface area (Å²) < 4.78 is 47.8.